The molecular weight excluding hydrogens is 322 g/mol. The predicted octanol–water partition coefficient (Wildman–Crippen LogP) is 2.12. The molecule has 2 heterocycles. The number of anilines is 2. The number of aromatic nitrogens is 3. The van der Waals surface area contributed by atoms with E-state index in [0.717, 1.165) is 0 Å². The number of aryl methyl sites for hydroxylation is 1. The van der Waals surface area contributed by atoms with Gasteiger partial charge in [0.05, 0.1) is 18.3 Å². The lowest BCUT2D eigenvalue weighted by molar-refractivity contribution is -0.115. The van der Waals surface area contributed by atoms with Gasteiger partial charge >= 0.3 is 0 Å². The molecule has 0 aliphatic carbocycles. The van der Waals surface area contributed by atoms with Gasteiger partial charge in [-0.3, -0.25) is 9.78 Å². The first-order chi connectivity index (χ1) is 12.1. The predicted molar refractivity (Wildman–Crippen MR) is 90.8 cm³/mol. The van der Waals surface area contributed by atoms with Gasteiger partial charge in [0, 0.05) is 11.4 Å². The van der Waals surface area contributed by atoms with E-state index >= 15 is 0 Å². The Morgan fingerprint density at radius 2 is 2.04 bits per heavy atom. The number of benzene rings is 1. The number of carbonyl (C=O) groups is 1. The number of amides is 1. The highest BCUT2D eigenvalue weighted by atomic mass is 16.5. The van der Waals surface area contributed by atoms with Crippen molar-refractivity contribution in [1.29, 1.82) is 0 Å². The molecule has 0 radical (unpaired) electrons. The minimum atomic E-state index is -0.160. The van der Waals surface area contributed by atoms with Crippen LogP contribution in [0.2, 0.25) is 0 Å². The Balaban J connectivity index is 1.51. The van der Waals surface area contributed by atoms with E-state index in [4.69, 9.17) is 15.0 Å². The van der Waals surface area contributed by atoms with Gasteiger partial charge in [-0.1, -0.05) is 5.16 Å². The monoisotopic (exact) mass is 339 g/mol. The van der Waals surface area contributed by atoms with Gasteiger partial charge in [0.2, 0.25) is 5.91 Å². The van der Waals surface area contributed by atoms with Gasteiger partial charge in [-0.25, -0.2) is 0 Å². The van der Waals surface area contributed by atoms with Crippen LogP contribution in [-0.2, 0) is 17.8 Å². The SMILES string of the molecule is Cc1noc(COc2ccc(NC(=O)Cc3ccc(N)cn3)cc2)n1. The lowest BCUT2D eigenvalue weighted by atomic mass is 10.2. The van der Waals surface area contributed by atoms with Crippen LogP contribution >= 0.6 is 0 Å². The summed E-state index contributed by atoms with van der Waals surface area (Å²) in [6.07, 6.45) is 1.70. The fourth-order valence-electron chi connectivity index (χ4n) is 2.09. The molecule has 0 bridgehead atoms. The summed E-state index contributed by atoms with van der Waals surface area (Å²) in [5.41, 5.74) is 7.46. The van der Waals surface area contributed by atoms with Gasteiger partial charge in [-0.15, -0.1) is 0 Å². The fourth-order valence-corrected chi connectivity index (χ4v) is 2.09. The molecule has 0 fully saturated rings. The van der Waals surface area contributed by atoms with Crippen LogP contribution in [0.4, 0.5) is 11.4 Å². The largest absolute Gasteiger partial charge is 0.484 e. The Labute approximate surface area is 144 Å². The van der Waals surface area contributed by atoms with Gasteiger partial charge in [0.15, 0.2) is 12.4 Å². The molecular formula is C17H17N5O3. The Bertz CT molecular complexity index is 843. The zero-order valence-electron chi connectivity index (χ0n) is 13.6. The summed E-state index contributed by atoms with van der Waals surface area (Å²) >= 11 is 0. The zero-order valence-corrected chi connectivity index (χ0v) is 13.6. The van der Waals surface area contributed by atoms with E-state index in [2.05, 4.69) is 20.4 Å². The molecule has 25 heavy (non-hydrogen) atoms. The molecule has 3 aromatic rings. The normalized spacial score (nSPS) is 10.4. The van der Waals surface area contributed by atoms with Crippen molar-refractivity contribution in [3.63, 3.8) is 0 Å². The zero-order chi connectivity index (χ0) is 17.6. The first-order valence-corrected chi connectivity index (χ1v) is 7.61. The Kier molecular flexibility index (Phi) is 4.89. The minimum Gasteiger partial charge on any atom is -0.484 e. The summed E-state index contributed by atoms with van der Waals surface area (Å²) in [6.45, 7) is 1.93. The number of hydrogen-bond donors (Lipinski definition) is 2. The molecule has 0 aliphatic heterocycles. The summed E-state index contributed by atoms with van der Waals surface area (Å²) in [7, 11) is 0. The summed E-state index contributed by atoms with van der Waals surface area (Å²) < 4.78 is 10.5. The smallest absolute Gasteiger partial charge is 0.264 e. The fraction of sp³-hybridized carbons (Fsp3) is 0.176. The number of nitrogens with two attached hydrogens (primary N) is 1. The standard InChI is InChI=1S/C17H17N5O3/c1-11-20-17(25-22-11)10-24-15-6-4-13(5-7-15)21-16(23)8-14-3-2-12(18)9-19-14/h2-7,9H,8,10,18H2,1H3,(H,21,23). The van der Waals surface area contributed by atoms with Gasteiger partial charge in [0.1, 0.15) is 5.75 Å². The number of nitrogen functional groups attached to an aromatic ring is 1. The number of ether oxygens (including phenoxy) is 1. The van der Waals surface area contributed by atoms with Gasteiger partial charge in [0.25, 0.3) is 5.89 Å². The van der Waals surface area contributed by atoms with Crippen LogP contribution in [0.1, 0.15) is 17.4 Å². The first kappa shape index (κ1) is 16.4. The first-order valence-electron chi connectivity index (χ1n) is 7.61. The van der Waals surface area contributed by atoms with Crippen LogP contribution in [-0.4, -0.2) is 21.0 Å². The quantitative estimate of drug-likeness (QED) is 0.706. The van der Waals surface area contributed by atoms with Gasteiger partial charge in [-0.05, 0) is 43.3 Å². The molecule has 1 aromatic carbocycles. The van der Waals surface area contributed by atoms with Crippen molar-refractivity contribution in [2.45, 2.75) is 20.0 Å². The second-order valence-corrected chi connectivity index (χ2v) is 5.36. The average Bonchev–Trinajstić information content (AvgIpc) is 3.02. The summed E-state index contributed by atoms with van der Waals surface area (Å²) in [4.78, 5) is 20.2. The van der Waals surface area contributed by atoms with Crippen molar-refractivity contribution in [3.8, 4) is 5.75 Å². The molecule has 3 rings (SSSR count). The van der Waals surface area contributed by atoms with Crippen molar-refractivity contribution in [2.75, 3.05) is 11.1 Å². The third-order valence-electron chi connectivity index (χ3n) is 3.26. The Morgan fingerprint density at radius 1 is 1.24 bits per heavy atom. The number of hydrogen-bond acceptors (Lipinski definition) is 7. The summed E-state index contributed by atoms with van der Waals surface area (Å²) in [6, 6.07) is 10.4. The molecule has 8 nitrogen and oxygen atoms in total. The van der Waals surface area contributed by atoms with E-state index in [0.29, 0.717) is 34.5 Å². The van der Waals surface area contributed by atoms with E-state index < -0.39 is 0 Å². The molecule has 0 saturated carbocycles. The Hall–Kier alpha value is -3.42. The van der Waals surface area contributed by atoms with Crippen molar-refractivity contribution >= 4 is 17.3 Å². The number of rotatable bonds is 6. The highest BCUT2D eigenvalue weighted by Gasteiger charge is 2.07. The number of nitrogens with zero attached hydrogens (tertiary/aromatic N) is 3. The highest BCUT2D eigenvalue weighted by Crippen LogP contribution is 2.17. The Morgan fingerprint density at radius 3 is 2.68 bits per heavy atom. The minimum absolute atomic E-state index is 0.160. The molecule has 2 aromatic heterocycles. The molecule has 3 N–H and O–H groups in total. The van der Waals surface area contributed by atoms with Crippen LogP contribution in [0.3, 0.4) is 0 Å². The lowest BCUT2D eigenvalue weighted by Crippen LogP contribution is -2.15. The molecule has 0 spiro atoms. The topological polar surface area (TPSA) is 116 Å². The molecule has 1 amide bonds. The van der Waals surface area contributed by atoms with Crippen LogP contribution < -0.4 is 15.8 Å². The summed E-state index contributed by atoms with van der Waals surface area (Å²) in [5, 5.41) is 6.49. The molecule has 0 saturated heterocycles. The maximum absolute atomic E-state index is 12.0. The highest BCUT2D eigenvalue weighted by molar-refractivity contribution is 5.92. The van der Waals surface area contributed by atoms with Crippen LogP contribution in [0.25, 0.3) is 0 Å². The van der Waals surface area contributed by atoms with Crippen LogP contribution in [0.15, 0.2) is 47.1 Å². The molecule has 128 valence electrons. The van der Waals surface area contributed by atoms with Crippen LogP contribution in [0.5, 0.6) is 5.75 Å². The van der Waals surface area contributed by atoms with Crippen LogP contribution in [0, 0.1) is 6.92 Å². The maximum atomic E-state index is 12.0. The molecule has 8 heteroatoms. The lowest BCUT2D eigenvalue weighted by Gasteiger charge is -2.07. The molecule has 0 aliphatic rings. The third-order valence-corrected chi connectivity index (χ3v) is 3.26. The van der Waals surface area contributed by atoms with E-state index in [1.165, 1.54) is 6.20 Å². The number of carbonyl (C=O) groups excluding carboxylic acids is 1. The second kappa shape index (κ2) is 7.43. The van der Waals surface area contributed by atoms with Crippen molar-refractivity contribution < 1.29 is 14.1 Å². The van der Waals surface area contributed by atoms with Gasteiger partial charge in [-0.2, -0.15) is 4.98 Å². The molecule has 0 atom stereocenters. The molecule has 0 unspecified atom stereocenters. The van der Waals surface area contributed by atoms with E-state index in [-0.39, 0.29) is 18.9 Å². The maximum Gasteiger partial charge on any atom is 0.264 e. The van der Waals surface area contributed by atoms with E-state index in [9.17, 15) is 4.79 Å². The van der Waals surface area contributed by atoms with Crippen molar-refractivity contribution in [3.05, 3.63) is 60.0 Å². The van der Waals surface area contributed by atoms with Crippen molar-refractivity contribution in [2.24, 2.45) is 0 Å². The number of pyridine rings is 1. The summed E-state index contributed by atoms with van der Waals surface area (Å²) in [5.74, 6) is 1.44. The van der Waals surface area contributed by atoms with E-state index in [1.807, 2.05) is 0 Å². The van der Waals surface area contributed by atoms with E-state index in [1.54, 1.807) is 43.3 Å². The second-order valence-electron chi connectivity index (χ2n) is 5.36. The van der Waals surface area contributed by atoms with Crippen molar-refractivity contribution in [1.82, 2.24) is 15.1 Å². The average molecular weight is 339 g/mol. The number of nitrogens with one attached hydrogen (secondary N) is 1. The third kappa shape index (κ3) is 4.77. The van der Waals surface area contributed by atoms with Gasteiger partial charge < -0.3 is 20.3 Å².